The maximum Gasteiger partial charge on any atom is 0.206 e. The molecule has 0 aromatic heterocycles. The van der Waals surface area contributed by atoms with Gasteiger partial charge in [0.05, 0.1) is 6.07 Å². The van der Waals surface area contributed by atoms with Gasteiger partial charge in [-0.15, -0.1) is 4.91 Å². The maximum absolute atomic E-state index is 10.6. The molecule has 0 radical (unpaired) electrons. The molecule has 0 amide bonds. The first-order chi connectivity index (χ1) is 8.85. The zero-order valence-electron chi connectivity index (χ0n) is 9.48. The Balaban J connectivity index is 2.34. The van der Waals surface area contributed by atoms with Crippen LogP contribution in [-0.4, -0.2) is 0 Å². The molecule has 2 aromatic carbocycles. The van der Waals surface area contributed by atoms with Gasteiger partial charge in [0.15, 0.2) is 0 Å². The van der Waals surface area contributed by atoms with Gasteiger partial charge in [0.1, 0.15) is 11.5 Å². The quantitative estimate of drug-likeness (QED) is 0.761. The molecule has 0 fully saturated rings. The number of benzene rings is 2. The number of hydrogen-bond acceptors (Lipinski definition) is 4. The molecule has 0 saturated heterocycles. The molecule has 0 aliphatic heterocycles. The van der Waals surface area contributed by atoms with Gasteiger partial charge >= 0.3 is 0 Å². The molecule has 18 heavy (non-hydrogen) atoms. The summed E-state index contributed by atoms with van der Waals surface area (Å²) in [7, 11) is 0. The minimum Gasteiger partial charge on any atom is -0.457 e. The topological polar surface area (TPSA) is 62.5 Å². The van der Waals surface area contributed by atoms with Gasteiger partial charge in [-0.2, -0.15) is 5.26 Å². The summed E-state index contributed by atoms with van der Waals surface area (Å²) in [5, 5.41) is 11.7. The summed E-state index contributed by atoms with van der Waals surface area (Å²) in [5.74, 6) is 1.11. The number of para-hydroxylation sites is 2. The molecular formula is C14H10N2O2. The highest BCUT2D eigenvalue weighted by molar-refractivity contribution is 5.41. The van der Waals surface area contributed by atoms with Crippen molar-refractivity contribution in [1.29, 1.82) is 5.26 Å². The van der Waals surface area contributed by atoms with E-state index in [1.165, 1.54) is 0 Å². The normalized spacial score (nSPS) is 11.3. The SMILES string of the molecule is N#CC(N=O)c1ccccc1Oc1ccccc1. The Morgan fingerprint density at radius 2 is 1.72 bits per heavy atom. The summed E-state index contributed by atoms with van der Waals surface area (Å²) in [6, 6.07) is 16.8. The summed E-state index contributed by atoms with van der Waals surface area (Å²) >= 11 is 0. The van der Waals surface area contributed by atoms with Crippen molar-refractivity contribution in [2.75, 3.05) is 0 Å². The lowest BCUT2D eigenvalue weighted by atomic mass is 10.1. The van der Waals surface area contributed by atoms with Crippen molar-refractivity contribution in [1.82, 2.24) is 0 Å². The van der Waals surface area contributed by atoms with E-state index < -0.39 is 6.04 Å². The largest absolute Gasteiger partial charge is 0.457 e. The highest BCUT2D eigenvalue weighted by atomic mass is 16.5. The second-order valence-corrected chi connectivity index (χ2v) is 3.59. The van der Waals surface area contributed by atoms with Crippen LogP contribution in [0, 0.1) is 16.2 Å². The number of nitriles is 1. The minimum atomic E-state index is -1.05. The maximum atomic E-state index is 10.6. The van der Waals surface area contributed by atoms with Crippen LogP contribution in [-0.2, 0) is 0 Å². The monoisotopic (exact) mass is 238 g/mol. The zero-order chi connectivity index (χ0) is 12.8. The molecule has 4 heteroatoms. The van der Waals surface area contributed by atoms with Crippen LogP contribution in [0.3, 0.4) is 0 Å². The first-order valence-corrected chi connectivity index (χ1v) is 5.39. The fraction of sp³-hybridized carbons (Fsp3) is 0.0714. The first-order valence-electron chi connectivity index (χ1n) is 5.39. The predicted molar refractivity (Wildman–Crippen MR) is 67.1 cm³/mol. The third kappa shape index (κ3) is 2.53. The zero-order valence-corrected chi connectivity index (χ0v) is 9.48. The molecule has 0 N–H and O–H groups in total. The lowest BCUT2D eigenvalue weighted by molar-refractivity contribution is 0.474. The molecule has 88 valence electrons. The van der Waals surface area contributed by atoms with E-state index in [2.05, 4.69) is 5.18 Å². The second-order valence-electron chi connectivity index (χ2n) is 3.59. The van der Waals surface area contributed by atoms with Crippen molar-refractivity contribution in [2.24, 2.45) is 5.18 Å². The Morgan fingerprint density at radius 1 is 1.06 bits per heavy atom. The van der Waals surface area contributed by atoms with Gasteiger partial charge in [-0.05, 0) is 23.4 Å². The molecule has 1 atom stereocenters. The van der Waals surface area contributed by atoms with Crippen LogP contribution >= 0.6 is 0 Å². The van der Waals surface area contributed by atoms with Crippen LogP contribution in [0.2, 0.25) is 0 Å². The number of rotatable bonds is 4. The number of nitrogens with zero attached hydrogens (tertiary/aromatic N) is 2. The predicted octanol–water partition coefficient (Wildman–Crippen LogP) is 3.81. The fourth-order valence-corrected chi connectivity index (χ4v) is 1.56. The highest BCUT2D eigenvalue weighted by Crippen LogP contribution is 2.30. The van der Waals surface area contributed by atoms with Crippen molar-refractivity contribution < 1.29 is 4.74 Å². The van der Waals surface area contributed by atoms with Crippen molar-refractivity contribution in [3.8, 4) is 17.6 Å². The average Bonchev–Trinajstić information content (AvgIpc) is 2.43. The van der Waals surface area contributed by atoms with Gasteiger partial charge < -0.3 is 4.74 Å². The van der Waals surface area contributed by atoms with E-state index in [-0.39, 0.29) is 0 Å². The number of ether oxygens (including phenoxy) is 1. The van der Waals surface area contributed by atoms with Crippen LogP contribution in [0.5, 0.6) is 11.5 Å². The molecule has 0 aliphatic carbocycles. The Kier molecular flexibility index (Phi) is 3.67. The highest BCUT2D eigenvalue weighted by Gasteiger charge is 2.16. The molecular weight excluding hydrogens is 228 g/mol. The smallest absolute Gasteiger partial charge is 0.206 e. The standard InChI is InChI=1S/C14H10N2O2/c15-10-13(16-17)12-8-4-5-9-14(12)18-11-6-2-1-3-7-11/h1-9,13H. The average molecular weight is 238 g/mol. The number of nitroso groups, excluding NO2 is 1. The van der Waals surface area contributed by atoms with Crippen molar-refractivity contribution >= 4 is 0 Å². The molecule has 2 aromatic rings. The van der Waals surface area contributed by atoms with Gasteiger partial charge in [-0.25, -0.2) is 0 Å². The second kappa shape index (κ2) is 5.60. The summed E-state index contributed by atoms with van der Waals surface area (Å²) in [4.78, 5) is 10.6. The summed E-state index contributed by atoms with van der Waals surface area (Å²) in [5.41, 5.74) is 0.471. The van der Waals surface area contributed by atoms with E-state index in [1.54, 1.807) is 36.4 Å². The van der Waals surface area contributed by atoms with Crippen LogP contribution in [0.1, 0.15) is 11.6 Å². The van der Waals surface area contributed by atoms with E-state index in [1.807, 2.05) is 24.3 Å². The summed E-state index contributed by atoms with van der Waals surface area (Å²) < 4.78 is 5.64. The van der Waals surface area contributed by atoms with Gasteiger partial charge in [0.25, 0.3) is 0 Å². The molecule has 2 rings (SSSR count). The van der Waals surface area contributed by atoms with E-state index >= 15 is 0 Å². The fourth-order valence-electron chi connectivity index (χ4n) is 1.56. The van der Waals surface area contributed by atoms with Gasteiger partial charge in [-0.1, -0.05) is 36.4 Å². The summed E-state index contributed by atoms with van der Waals surface area (Å²) in [6.45, 7) is 0. The van der Waals surface area contributed by atoms with Crippen molar-refractivity contribution in [2.45, 2.75) is 6.04 Å². The molecule has 4 nitrogen and oxygen atoms in total. The third-order valence-electron chi connectivity index (χ3n) is 2.41. The van der Waals surface area contributed by atoms with E-state index in [4.69, 9.17) is 10.00 Å². The molecule has 0 heterocycles. The van der Waals surface area contributed by atoms with Crippen molar-refractivity contribution in [3.63, 3.8) is 0 Å². The van der Waals surface area contributed by atoms with Crippen LogP contribution < -0.4 is 4.74 Å². The molecule has 0 saturated carbocycles. The lowest BCUT2D eigenvalue weighted by Gasteiger charge is -2.10. The number of hydrogen-bond donors (Lipinski definition) is 0. The molecule has 0 aliphatic rings. The van der Waals surface area contributed by atoms with E-state index in [0.29, 0.717) is 17.1 Å². The van der Waals surface area contributed by atoms with Crippen LogP contribution in [0.4, 0.5) is 0 Å². The van der Waals surface area contributed by atoms with E-state index in [0.717, 1.165) is 0 Å². The Hall–Kier alpha value is -2.67. The third-order valence-corrected chi connectivity index (χ3v) is 2.41. The van der Waals surface area contributed by atoms with Crippen LogP contribution in [0.15, 0.2) is 59.8 Å². The van der Waals surface area contributed by atoms with E-state index in [9.17, 15) is 4.91 Å². The van der Waals surface area contributed by atoms with Gasteiger partial charge in [-0.3, -0.25) is 0 Å². The lowest BCUT2D eigenvalue weighted by Crippen LogP contribution is -1.95. The van der Waals surface area contributed by atoms with Crippen LogP contribution in [0.25, 0.3) is 0 Å². The van der Waals surface area contributed by atoms with Gasteiger partial charge in [0.2, 0.25) is 6.04 Å². The van der Waals surface area contributed by atoms with Gasteiger partial charge in [0, 0.05) is 5.56 Å². The molecule has 1 unspecified atom stereocenters. The Morgan fingerprint density at radius 3 is 2.39 bits per heavy atom. The molecule has 0 bridgehead atoms. The minimum absolute atomic E-state index is 0.467. The Labute approximate surface area is 104 Å². The van der Waals surface area contributed by atoms with Crippen molar-refractivity contribution in [3.05, 3.63) is 65.1 Å². The first kappa shape index (κ1) is 11.8. The Bertz CT molecular complexity index is 576. The summed E-state index contributed by atoms with van der Waals surface area (Å²) in [6.07, 6.45) is 0. The molecule has 0 spiro atoms.